The van der Waals surface area contributed by atoms with Gasteiger partial charge in [-0.05, 0) is 45.7 Å². The lowest BCUT2D eigenvalue weighted by Crippen LogP contribution is -2.49. The smallest absolute Gasteiger partial charge is 0.240 e. The van der Waals surface area contributed by atoms with E-state index in [2.05, 4.69) is 17.0 Å². The van der Waals surface area contributed by atoms with Crippen molar-refractivity contribution in [2.24, 2.45) is 0 Å². The van der Waals surface area contributed by atoms with Gasteiger partial charge in [-0.3, -0.25) is 9.69 Å². The Labute approximate surface area is 133 Å². The van der Waals surface area contributed by atoms with Crippen molar-refractivity contribution in [3.8, 4) is 0 Å². The summed E-state index contributed by atoms with van der Waals surface area (Å²) in [6.07, 6.45) is 1.97. The van der Waals surface area contributed by atoms with Gasteiger partial charge >= 0.3 is 0 Å². The van der Waals surface area contributed by atoms with Crippen LogP contribution in [0.25, 0.3) is 0 Å². The highest BCUT2D eigenvalue weighted by Crippen LogP contribution is 2.22. The predicted octanol–water partition coefficient (Wildman–Crippen LogP) is 2.27. The molecule has 1 atom stereocenters. The Morgan fingerprint density at radius 2 is 2.05 bits per heavy atom. The molecule has 0 radical (unpaired) electrons. The van der Waals surface area contributed by atoms with Crippen LogP contribution < -0.4 is 0 Å². The standard InChI is InChI=1S/C18H28N2O2/c1-4-19(14-18(2,3)22)17(21)16-11-8-12-20(16)13-15-9-6-5-7-10-15/h5-7,9-10,16,22H,4,8,11-14H2,1-3H3. The van der Waals surface area contributed by atoms with Crippen molar-refractivity contribution >= 4 is 5.91 Å². The van der Waals surface area contributed by atoms with Crippen LogP contribution in [-0.4, -0.2) is 52.1 Å². The Hall–Kier alpha value is -1.39. The molecule has 0 bridgehead atoms. The maximum Gasteiger partial charge on any atom is 0.240 e. The molecule has 1 aromatic rings. The van der Waals surface area contributed by atoms with E-state index in [1.54, 1.807) is 18.7 Å². The first kappa shape index (κ1) is 17.0. The fraction of sp³-hybridized carbons (Fsp3) is 0.611. The van der Waals surface area contributed by atoms with E-state index in [0.717, 1.165) is 25.9 Å². The lowest BCUT2D eigenvalue weighted by atomic mass is 10.1. The fourth-order valence-corrected chi connectivity index (χ4v) is 3.14. The number of benzene rings is 1. The number of likely N-dealkylation sites (tertiary alicyclic amines) is 1. The monoisotopic (exact) mass is 304 g/mol. The Bertz CT molecular complexity index is 482. The molecule has 4 nitrogen and oxygen atoms in total. The van der Waals surface area contributed by atoms with Gasteiger partial charge in [-0.2, -0.15) is 0 Å². The number of carbonyl (C=O) groups excluding carboxylic acids is 1. The Balaban J connectivity index is 2.04. The third kappa shape index (κ3) is 4.55. The van der Waals surface area contributed by atoms with Gasteiger partial charge in [0.15, 0.2) is 0 Å². The molecule has 0 aliphatic carbocycles. The summed E-state index contributed by atoms with van der Waals surface area (Å²) in [5, 5.41) is 10.0. The second-order valence-electron chi connectivity index (χ2n) is 6.78. The second-order valence-corrected chi connectivity index (χ2v) is 6.78. The molecule has 2 rings (SSSR count). The van der Waals surface area contributed by atoms with Crippen LogP contribution in [0.15, 0.2) is 30.3 Å². The molecule has 0 aromatic heterocycles. The molecule has 0 spiro atoms. The number of amides is 1. The lowest BCUT2D eigenvalue weighted by Gasteiger charge is -2.33. The number of hydrogen-bond donors (Lipinski definition) is 1. The van der Waals surface area contributed by atoms with E-state index in [1.807, 2.05) is 25.1 Å². The minimum Gasteiger partial charge on any atom is -0.389 e. The van der Waals surface area contributed by atoms with Crippen molar-refractivity contribution < 1.29 is 9.90 Å². The van der Waals surface area contributed by atoms with Crippen LogP contribution >= 0.6 is 0 Å². The van der Waals surface area contributed by atoms with Gasteiger partial charge < -0.3 is 10.0 Å². The molecule has 1 unspecified atom stereocenters. The van der Waals surface area contributed by atoms with Crippen LogP contribution in [0.1, 0.15) is 39.2 Å². The summed E-state index contributed by atoms with van der Waals surface area (Å²) in [5.74, 6) is 0.151. The van der Waals surface area contributed by atoms with Crippen LogP contribution in [0.3, 0.4) is 0 Å². The van der Waals surface area contributed by atoms with Gasteiger partial charge in [-0.1, -0.05) is 30.3 Å². The van der Waals surface area contributed by atoms with Crippen LogP contribution in [0.4, 0.5) is 0 Å². The third-order valence-corrected chi connectivity index (χ3v) is 4.15. The van der Waals surface area contributed by atoms with Gasteiger partial charge in [-0.25, -0.2) is 0 Å². The van der Waals surface area contributed by atoms with E-state index in [1.165, 1.54) is 5.56 Å². The second kappa shape index (κ2) is 7.25. The molecule has 1 aromatic carbocycles. The van der Waals surface area contributed by atoms with Gasteiger partial charge in [0.25, 0.3) is 0 Å². The minimum atomic E-state index is -0.853. The maximum atomic E-state index is 12.8. The van der Waals surface area contributed by atoms with Gasteiger partial charge in [0, 0.05) is 19.6 Å². The van der Waals surface area contributed by atoms with Crippen LogP contribution in [-0.2, 0) is 11.3 Å². The molecule has 1 saturated heterocycles. The number of carbonyl (C=O) groups is 1. The molecule has 1 amide bonds. The summed E-state index contributed by atoms with van der Waals surface area (Å²) >= 11 is 0. The van der Waals surface area contributed by atoms with Crippen molar-refractivity contribution in [2.45, 2.75) is 51.8 Å². The van der Waals surface area contributed by atoms with Crippen molar-refractivity contribution in [1.82, 2.24) is 9.80 Å². The maximum absolute atomic E-state index is 12.8. The van der Waals surface area contributed by atoms with E-state index in [0.29, 0.717) is 13.1 Å². The summed E-state index contributed by atoms with van der Waals surface area (Å²) in [7, 11) is 0. The molecule has 0 saturated carbocycles. The van der Waals surface area contributed by atoms with Crippen molar-refractivity contribution in [3.05, 3.63) is 35.9 Å². The first-order valence-corrected chi connectivity index (χ1v) is 8.20. The van der Waals surface area contributed by atoms with Crippen molar-refractivity contribution in [3.63, 3.8) is 0 Å². The van der Waals surface area contributed by atoms with Gasteiger partial charge in [0.1, 0.15) is 0 Å². The summed E-state index contributed by atoms with van der Waals surface area (Å²) in [6, 6.07) is 10.2. The van der Waals surface area contributed by atoms with E-state index >= 15 is 0 Å². The van der Waals surface area contributed by atoms with Crippen LogP contribution in [0.2, 0.25) is 0 Å². The highest BCUT2D eigenvalue weighted by Gasteiger charge is 2.34. The lowest BCUT2D eigenvalue weighted by molar-refractivity contribution is -0.138. The zero-order valence-corrected chi connectivity index (χ0v) is 14.0. The van der Waals surface area contributed by atoms with Gasteiger partial charge in [-0.15, -0.1) is 0 Å². The molecule has 1 aliphatic rings. The number of hydrogen-bond acceptors (Lipinski definition) is 3. The summed E-state index contributed by atoms with van der Waals surface area (Å²) < 4.78 is 0. The number of aliphatic hydroxyl groups is 1. The molecule has 22 heavy (non-hydrogen) atoms. The van der Waals surface area contributed by atoms with E-state index in [4.69, 9.17) is 0 Å². The molecule has 1 N–H and O–H groups in total. The quantitative estimate of drug-likeness (QED) is 0.877. The molecular formula is C18H28N2O2. The molecule has 1 heterocycles. The highest BCUT2D eigenvalue weighted by atomic mass is 16.3. The summed E-state index contributed by atoms with van der Waals surface area (Å²) in [5.41, 5.74) is 0.391. The first-order chi connectivity index (χ1) is 10.4. The summed E-state index contributed by atoms with van der Waals surface area (Å²) in [6.45, 7) is 8.28. The van der Waals surface area contributed by atoms with E-state index in [-0.39, 0.29) is 11.9 Å². The molecule has 1 fully saturated rings. The first-order valence-electron chi connectivity index (χ1n) is 8.20. The van der Waals surface area contributed by atoms with E-state index < -0.39 is 5.60 Å². The van der Waals surface area contributed by atoms with Crippen molar-refractivity contribution in [2.75, 3.05) is 19.6 Å². The number of rotatable bonds is 6. The van der Waals surface area contributed by atoms with Gasteiger partial charge in [0.05, 0.1) is 11.6 Å². The predicted molar refractivity (Wildman–Crippen MR) is 88.4 cm³/mol. The third-order valence-electron chi connectivity index (χ3n) is 4.15. The highest BCUT2D eigenvalue weighted by molar-refractivity contribution is 5.82. The zero-order valence-electron chi connectivity index (χ0n) is 14.0. The molecule has 122 valence electrons. The average Bonchev–Trinajstić information content (AvgIpc) is 2.92. The normalized spacial score (nSPS) is 19.4. The molecular weight excluding hydrogens is 276 g/mol. The number of nitrogens with zero attached hydrogens (tertiary/aromatic N) is 2. The van der Waals surface area contributed by atoms with Crippen molar-refractivity contribution in [1.29, 1.82) is 0 Å². The average molecular weight is 304 g/mol. The molecule has 1 aliphatic heterocycles. The van der Waals surface area contributed by atoms with E-state index in [9.17, 15) is 9.90 Å². The van der Waals surface area contributed by atoms with Crippen LogP contribution in [0.5, 0.6) is 0 Å². The fourth-order valence-electron chi connectivity index (χ4n) is 3.14. The largest absolute Gasteiger partial charge is 0.389 e. The zero-order chi connectivity index (χ0) is 16.2. The Kier molecular flexibility index (Phi) is 5.59. The Morgan fingerprint density at radius 3 is 2.64 bits per heavy atom. The summed E-state index contributed by atoms with van der Waals surface area (Å²) in [4.78, 5) is 16.9. The minimum absolute atomic E-state index is 0.0532. The number of likely N-dealkylation sites (N-methyl/N-ethyl adjacent to an activating group) is 1. The van der Waals surface area contributed by atoms with Crippen LogP contribution in [0, 0.1) is 0 Å². The topological polar surface area (TPSA) is 43.8 Å². The SMILES string of the molecule is CCN(CC(C)(C)O)C(=O)C1CCCN1Cc1ccccc1. The van der Waals surface area contributed by atoms with Gasteiger partial charge in [0.2, 0.25) is 5.91 Å². The Morgan fingerprint density at radius 1 is 1.36 bits per heavy atom. The molecule has 4 heteroatoms.